The fraction of sp³-hybridized carbons (Fsp3) is 0.235. The SMILES string of the molecule is Cc1cc(C#CCCO)cc(NC(=O)c2occc2C)c1. The number of nitrogens with one attached hydrogen (secondary N) is 1. The minimum absolute atomic E-state index is 0.0418. The van der Waals surface area contributed by atoms with Crippen LogP contribution < -0.4 is 5.32 Å². The molecule has 1 aromatic carbocycles. The Morgan fingerprint density at radius 1 is 1.33 bits per heavy atom. The van der Waals surface area contributed by atoms with E-state index in [4.69, 9.17) is 9.52 Å². The highest BCUT2D eigenvalue weighted by Crippen LogP contribution is 2.16. The molecule has 0 spiro atoms. The number of aliphatic hydroxyl groups is 1. The summed E-state index contributed by atoms with van der Waals surface area (Å²) < 4.78 is 5.17. The average molecular weight is 283 g/mol. The van der Waals surface area contributed by atoms with Gasteiger partial charge in [0.15, 0.2) is 5.76 Å². The number of hydrogen-bond acceptors (Lipinski definition) is 3. The maximum absolute atomic E-state index is 12.1. The number of carbonyl (C=O) groups excluding carboxylic acids is 1. The lowest BCUT2D eigenvalue weighted by molar-refractivity contribution is 0.0996. The van der Waals surface area contributed by atoms with E-state index in [0.29, 0.717) is 17.9 Å². The van der Waals surface area contributed by atoms with Gasteiger partial charge in [0.05, 0.1) is 12.9 Å². The Bertz CT molecular complexity index is 704. The van der Waals surface area contributed by atoms with Crippen molar-refractivity contribution in [3.63, 3.8) is 0 Å². The number of aryl methyl sites for hydroxylation is 2. The highest BCUT2D eigenvalue weighted by atomic mass is 16.3. The normalized spacial score (nSPS) is 9.86. The minimum atomic E-state index is -0.280. The molecule has 108 valence electrons. The molecule has 0 radical (unpaired) electrons. The molecule has 0 bridgehead atoms. The molecular weight excluding hydrogens is 266 g/mol. The Balaban J connectivity index is 2.19. The van der Waals surface area contributed by atoms with Gasteiger partial charge in [-0.15, -0.1) is 0 Å². The van der Waals surface area contributed by atoms with Gasteiger partial charge in [-0.25, -0.2) is 0 Å². The monoisotopic (exact) mass is 283 g/mol. The summed E-state index contributed by atoms with van der Waals surface area (Å²) in [5.41, 5.74) is 3.26. The summed E-state index contributed by atoms with van der Waals surface area (Å²) in [7, 11) is 0. The number of amides is 1. The number of hydrogen-bond donors (Lipinski definition) is 2. The second-order valence-corrected chi connectivity index (χ2v) is 4.75. The summed E-state index contributed by atoms with van der Waals surface area (Å²) in [6.45, 7) is 3.80. The van der Waals surface area contributed by atoms with E-state index < -0.39 is 0 Å². The Kier molecular flexibility index (Phi) is 4.81. The predicted molar refractivity (Wildman–Crippen MR) is 81.2 cm³/mol. The van der Waals surface area contributed by atoms with E-state index >= 15 is 0 Å². The summed E-state index contributed by atoms with van der Waals surface area (Å²) in [6.07, 6.45) is 1.92. The van der Waals surface area contributed by atoms with Gasteiger partial charge in [-0.2, -0.15) is 0 Å². The molecule has 1 heterocycles. The number of aliphatic hydroxyl groups excluding tert-OH is 1. The van der Waals surface area contributed by atoms with E-state index in [-0.39, 0.29) is 12.5 Å². The van der Waals surface area contributed by atoms with Crippen LogP contribution in [0.1, 0.15) is 33.7 Å². The molecule has 2 aromatic rings. The van der Waals surface area contributed by atoms with Gasteiger partial charge in [0.1, 0.15) is 0 Å². The minimum Gasteiger partial charge on any atom is -0.459 e. The molecule has 0 saturated heterocycles. The smallest absolute Gasteiger partial charge is 0.291 e. The third-order valence-electron chi connectivity index (χ3n) is 2.87. The van der Waals surface area contributed by atoms with Crippen molar-refractivity contribution in [2.75, 3.05) is 11.9 Å². The Hall–Kier alpha value is -2.51. The van der Waals surface area contributed by atoms with Crippen molar-refractivity contribution in [1.82, 2.24) is 0 Å². The van der Waals surface area contributed by atoms with Crippen LogP contribution in [0.2, 0.25) is 0 Å². The molecule has 0 fully saturated rings. The largest absolute Gasteiger partial charge is 0.459 e. The standard InChI is InChI=1S/C17H17NO3/c1-12-9-14(5-3-4-7-19)11-15(10-12)18-17(20)16-13(2)6-8-21-16/h6,8-11,19H,4,7H2,1-2H3,(H,18,20). The van der Waals surface area contributed by atoms with E-state index in [9.17, 15) is 4.79 Å². The predicted octanol–water partition coefficient (Wildman–Crippen LogP) is 2.88. The molecule has 4 nitrogen and oxygen atoms in total. The maximum atomic E-state index is 12.1. The van der Waals surface area contributed by atoms with Crippen LogP contribution >= 0.6 is 0 Å². The van der Waals surface area contributed by atoms with Gasteiger partial charge in [0.25, 0.3) is 5.91 Å². The molecule has 1 amide bonds. The second-order valence-electron chi connectivity index (χ2n) is 4.75. The Morgan fingerprint density at radius 2 is 2.14 bits per heavy atom. The zero-order chi connectivity index (χ0) is 15.2. The highest BCUT2D eigenvalue weighted by Gasteiger charge is 2.12. The molecular formula is C17H17NO3. The number of anilines is 1. The van der Waals surface area contributed by atoms with Crippen LogP contribution in [-0.2, 0) is 0 Å². The van der Waals surface area contributed by atoms with Crippen molar-refractivity contribution in [2.45, 2.75) is 20.3 Å². The third kappa shape index (κ3) is 3.98. The molecule has 0 aliphatic heterocycles. The fourth-order valence-electron chi connectivity index (χ4n) is 1.94. The van der Waals surface area contributed by atoms with Gasteiger partial charge in [0, 0.05) is 23.2 Å². The molecule has 2 N–H and O–H groups in total. The topological polar surface area (TPSA) is 62.5 Å². The van der Waals surface area contributed by atoms with Crippen LogP contribution in [-0.4, -0.2) is 17.6 Å². The first kappa shape index (κ1) is 14.9. The molecule has 0 atom stereocenters. The number of carbonyl (C=O) groups is 1. The summed E-state index contributed by atoms with van der Waals surface area (Å²) in [6, 6.07) is 7.34. The molecule has 0 aliphatic carbocycles. The van der Waals surface area contributed by atoms with E-state index in [0.717, 1.165) is 16.7 Å². The van der Waals surface area contributed by atoms with E-state index in [1.165, 1.54) is 6.26 Å². The van der Waals surface area contributed by atoms with E-state index in [1.807, 2.05) is 26.0 Å². The van der Waals surface area contributed by atoms with Crippen LogP contribution in [0.4, 0.5) is 5.69 Å². The van der Waals surface area contributed by atoms with Crippen molar-refractivity contribution < 1.29 is 14.3 Å². The van der Waals surface area contributed by atoms with Crippen molar-refractivity contribution in [2.24, 2.45) is 0 Å². The third-order valence-corrected chi connectivity index (χ3v) is 2.87. The first-order chi connectivity index (χ1) is 10.1. The highest BCUT2D eigenvalue weighted by molar-refractivity contribution is 6.03. The first-order valence-electron chi connectivity index (χ1n) is 6.67. The molecule has 4 heteroatoms. The lowest BCUT2D eigenvalue weighted by Crippen LogP contribution is -2.12. The van der Waals surface area contributed by atoms with Gasteiger partial charge in [-0.05, 0) is 43.7 Å². The van der Waals surface area contributed by atoms with Crippen LogP contribution in [0.3, 0.4) is 0 Å². The zero-order valence-corrected chi connectivity index (χ0v) is 12.1. The van der Waals surface area contributed by atoms with Crippen LogP contribution in [0, 0.1) is 25.7 Å². The number of benzene rings is 1. The lowest BCUT2D eigenvalue weighted by atomic mass is 10.1. The zero-order valence-electron chi connectivity index (χ0n) is 12.1. The van der Waals surface area contributed by atoms with Crippen molar-refractivity contribution in [3.8, 4) is 11.8 Å². The number of furan rings is 1. The summed E-state index contributed by atoms with van der Waals surface area (Å²) in [5.74, 6) is 5.86. The van der Waals surface area contributed by atoms with E-state index in [2.05, 4.69) is 17.2 Å². The molecule has 1 aromatic heterocycles. The molecule has 21 heavy (non-hydrogen) atoms. The average Bonchev–Trinajstić information content (AvgIpc) is 2.85. The molecule has 2 rings (SSSR count). The summed E-state index contributed by atoms with van der Waals surface area (Å²) >= 11 is 0. The van der Waals surface area contributed by atoms with Gasteiger partial charge in [-0.1, -0.05) is 11.8 Å². The molecule has 0 unspecified atom stereocenters. The van der Waals surface area contributed by atoms with E-state index in [1.54, 1.807) is 12.1 Å². The summed E-state index contributed by atoms with van der Waals surface area (Å²) in [5, 5.41) is 11.5. The maximum Gasteiger partial charge on any atom is 0.291 e. The van der Waals surface area contributed by atoms with Crippen LogP contribution in [0.5, 0.6) is 0 Å². The number of rotatable bonds is 3. The van der Waals surface area contributed by atoms with Gasteiger partial charge in [0.2, 0.25) is 0 Å². The van der Waals surface area contributed by atoms with Crippen LogP contribution in [0.15, 0.2) is 34.9 Å². The molecule has 0 saturated carbocycles. The van der Waals surface area contributed by atoms with Crippen molar-refractivity contribution in [3.05, 3.63) is 53.0 Å². The quantitative estimate of drug-likeness (QED) is 0.851. The molecule has 0 aliphatic rings. The Labute approximate surface area is 123 Å². The summed E-state index contributed by atoms with van der Waals surface area (Å²) in [4.78, 5) is 12.1. The van der Waals surface area contributed by atoms with Gasteiger partial charge < -0.3 is 14.8 Å². The van der Waals surface area contributed by atoms with Crippen molar-refractivity contribution >= 4 is 11.6 Å². The van der Waals surface area contributed by atoms with Crippen molar-refractivity contribution in [1.29, 1.82) is 0 Å². The second kappa shape index (κ2) is 6.78. The fourth-order valence-corrected chi connectivity index (χ4v) is 1.94. The van der Waals surface area contributed by atoms with Gasteiger partial charge in [-0.3, -0.25) is 4.79 Å². The van der Waals surface area contributed by atoms with Gasteiger partial charge >= 0.3 is 0 Å². The Morgan fingerprint density at radius 3 is 2.81 bits per heavy atom. The first-order valence-corrected chi connectivity index (χ1v) is 6.67. The lowest BCUT2D eigenvalue weighted by Gasteiger charge is -2.06. The van der Waals surface area contributed by atoms with Crippen LogP contribution in [0.25, 0.3) is 0 Å².